The molecule has 0 bridgehead atoms. The van der Waals surface area contributed by atoms with Crippen molar-refractivity contribution >= 4 is 39.7 Å². The molecular formula is C21H22ClN3S. The number of fused-ring (bicyclic) bond motifs is 4. The quantitative estimate of drug-likeness (QED) is 0.506. The van der Waals surface area contributed by atoms with Crippen molar-refractivity contribution < 1.29 is 17.0 Å². The second-order valence-electron chi connectivity index (χ2n) is 6.95. The van der Waals surface area contributed by atoms with Gasteiger partial charge in [-0.2, -0.15) is 4.57 Å². The first kappa shape index (κ1) is 17.5. The molecule has 0 radical (unpaired) electrons. The Balaban J connectivity index is 0.00000168. The fourth-order valence-corrected chi connectivity index (χ4v) is 5.06. The number of hydrogen-bond acceptors (Lipinski definition) is 3. The van der Waals surface area contributed by atoms with Gasteiger partial charge < -0.3 is 22.6 Å². The summed E-state index contributed by atoms with van der Waals surface area (Å²) in [6.07, 6.45) is 6.24. The van der Waals surface area contributed by atoms with E-state index in [1.54, 1.807) is 0 Å². The summed E-state index contributed by atoms with van der Waals surface area (Å²) in [5, 5.41) is 4.97. The number of halogens is 1. The third kappa shape index (κ3) is 2.91. The average molecular weight is 384 g/mol. The van der Waals surface area contributed by atoms with E-state index in [-0.39, 0.29) is 12.4 Å². The number of aryl methyl sites for hydroxylation is 1. The molecule has 0 spiro atoms. The fraction of sp³-hybridized carbons (Fsp3) is 0.286. The molecule has 2 aliphatic heterocycles. The van der Waals surface area contributed by atoms with Gasteiger partial charge in [0.1, 0.15) is 11.9 Å². The van der Waals surface area contributed by atoms with E-state index in [1.807, 2.05) is 11.8 Å². The Morgan fingerprint density at radius 2 is 1.81 bits per heavy atom. The van der Waals surface area contributed by atoms with Gasteiger partial charge in [0, 0.05) is 29.7 Å². The monoisotopic (exact) mass is 383 g/mol. The summed E-state index contributed by atoms with van der Waals surface area (Å²) < 4.78 is 2.22. The van der Waals surface area contributed by atoms with E-state index in [0.29, 0.717) is 0 Å². The summed E-state index contributed by atoms with van der Waals surface area (Å²) in [5.41, 5.74) is 5.07. The third-order valence-corrected chi connectivity index (χ3v) is 6.36. The molecule has 2 aromatic carbocycles. The molecule has 134 valence electrons. The molecule has 0 atom stereocenters. The minimum atomic E-state index is 0. The zero-order chi connectivity index (χ0) is 16.8. The molecule has 2 aliphatic rings. The molecule has 0 saturated carbocycles. The van der Waals surface area contributed by atoms with E-state index < -0.39 is 0 Å². The molecule has 0 unspecified atom stereocenters. The number of piperidine rings is 1. The van der Waals surface area contributed by atoms with Crippen LogP contribution in [0.25, 0.3) is 10.9 Å². The Hall–Kier alpha value is -1.91. The van der Waals surface area contributed by atoms with Gasteiger partial charge in [0.05, 0.1) is 16.8 Å². The van der Waals surface area contributed by atoms with Gasteiger partial charge in [-0.05, 0) is 43.5 Å². The fourth-order valence-electron chi connectivity index (χ4n) is 3.94. The van der Waals surface area contributed by atoms with Crippen LogP contribution in [0.4, 0.5) is 17.1 Å². The maximum Gasteiger partial charge on any atom is 0.214 e. The van der Waals surface area contributed by atoms with E-state index in [0.717, 1.165) is 0 Å². The number of para-hydroxylation sites is 1. The van der Waals surface area contributed by atoms with E-state index in [4.69, 9.17) is 0 Å². The maximum atomic E-state index is 3.69. The molecule has 3 heterocycles. The number of pyridine rings is 1. The molecule has 3 nitrogen and oxygen atoms in total. The Labute approximate surface area is 164 Å². The minimum absolute atomic E-state index is 0. The van der Waals surface area contributed by atoms with Crippen LogP contribution in [0.5, 0.6) is 0 Å². The molecule has 5 heteroatoms. The lowest BCUT2D eigenvalue weighted by molar-refractivity contribution is -0.646. The van der Waals surface area contributed by atoms with Crippen LogP contribution in [-0.2, 0) is 7.05 Å². The first-order valence-electron chi connectivity index (χ1n) is 9.05. The molecule has 0 aliphatic carbocycles. The summed E-state index contributed by atoms with van der Waals surface area (Å²) in [4.78, 5) is 5.15. The normalized spacial score (nSPS) is 15.7. The topological polar surface area (TPSA) is 19.1 Å². The summed E-state index contributed by atoms with van der Waals surface area (Å²) in [6.45, 7) is 2.38. The van der Waals surface area contributed by atoms with Crippen LogP contribution in [0.2, 0.25) is 0 Å². The van der Waals surface area contributed by atoms with Crippen LogP contribution in [-0.4, -0.2) is 13.1 Å². The van der Waals surface area contributed by atoms with Gasteiger partial charge in [0.2, 0.25) is 5.52 Å². The van der Waals surface area contributed by atoms with Crippen molar-refractivity contribution in [3.8, 4) is 0 Å². The second kappa shape index (κ2) is 7.01. The predicted molar refractivity (Wildman–Crippen MR) is 105 cm³/mol. The van der Waals surface area contributed by atoms with Gasteiger partial charge in [-0.3, -0.25) is 0 Å². The van der Waals surface area contributed by atoms with Crippen molar-refractivity contribution in [1.29, 1.82) is 0 Å². The third-order valence-electron chi connectivity index (χ3n) is 5.28. The van der Waals surface area contributed by atoms with E-state index in [1.165, 1.54) is 70.1 Å². The summed E-state index contributed by atoms with van der Waals surface area (Å²) in [6, 6.07) is 15.5. The number of anilines is 3. The summed E-state index contributed by atoms with van der Waals surface area (Å²) in [5.74, 6) is 0. The SMILES string of the molecule is C[n+]1cc2c(c3ccccc31)Nc1ccc(N3CCCCC3)cc1S2.[Cl-]. The van der Waals surface area contributed by atoms with Gasteiger partial charge in [-0.25, -0.2) is 0 Å². The predicted octanol–water partition coefficient (Wildman–Crippen LogP) is 1.87. The standard InChI is InChI=1S/C21H21N3S.ClH/c1-23-14-20-21(16-7-3-4-8-18(16)23)22-17-10-9-15(13-19(17)25-20)24-11-5-2-6-12-24;/h3-4,7-10,13-14H,2,5-6,11-12H2,1H3;1H. The first-order chi connectivity index (χ1) is 12.3. The molecule has 5 rings (SSSR count). The molecule has 1 N–H and O–H groups in total. The minimum Gasteiger partial charge on any atom is -1.00 e. The van der Waals surface area contributed by atoms with E-state index in [2.05, 4.69) is 70.5 Å². The van der Waals surface area contributed by atoms with Crippen LogP contribution in [0.15, 0.2) is 58.5 Å². The van der Waals surface area contributed by atoms with Crippen molar-refractivity contribution in [2.45, 2.75) is 29.1 Å². The number of aromatic nitrogens is 1. The first-order valence-corrected chi connectivity index (χ1v) is 9.86. The highest BCUT2D eigenvalue weighted by Gasteiger charge is 2.23. The van der Waals surface area contributed by atoms with Crippen LogP contribution in [0, 0.1) is 0 Å². The molecule has 1 aromatic heterocycles. The number of rotatable bonds is 1. The summed E-state index contributed by atoms with van der Waals surface area (Å²) >= 11 is 1.88. The van der Waals surface area contributed by atoms with Gasteiger partial charge in [0.25, 0.3) is 0 Å². The van der Waals surface area contributed by atoms with Crippen molar-refractivity contribution in [1.82, 2.24) is 0 Å². The number of nitrogens with zero attached hydrogens (tertiary/aromatic N) is 2. The number of hydrogen-bond donors (Lipinski definition) is 1. The Morgan fingerprint density at radius 1 is 1.00 bits per heavy atom. The number of benzene rings is 2. The van der Waals surface area contributed by atoms with E-state index in [9.17, 15) is 0 Å². The van der Waals surface area contributed by atoms with Crippen molar-refractivity contribution in [3.05, 3.63) is 48.7 Å². The molecule has 1 saturated heterocycles. The molecule has 26 heavy (non-hydrogen) atoms. The highest BCUT2D eigenvalue weighted by Crippen LogP contribution is 2.47. The van der Waals surface area contributed by atoms with Crippen molar-refractivity contribution in [2.75, 3.05) is 23.3 Å². The van der Waals surface area contributed by atoms with Gasteiger partial charge >= 0.3 is 0 Å². The zero-order valence-electron chi connectivity index (χ0n) is 14.8. The van der Waals surface area contributed by atoms with Crippen LogP contribution in [0.3, 0.4) is 0 Å². The highest BCUT2D eigenvalue weighted by atomic mass is 35.5. The Kier molecular flexibility index (Phi) is 4.72. The van der Waals surface area contributed by atoms with Crippen molar-refractivity contribution in [2.24, 2.45) is 7.05 Å². The van der Waals surface area contributed by atoms with Gasteiger partial charge in [-0.15, -0.1) is 0 Å². The highest BCUT2D eigenvalue weighted by molar-refractivity contribution is 7.99. The lowest BCUT2D eigenvalue weighted by Gasteiger charge is -2.30. The lowest BCUT2D eigenvalue weighted by atomic mass is 10.1. The maximum absolute atomic E-state index is 3.69. The second-order valence-corrected chi connectivity index (χ2v) is 8.04. The molecule has 1 fully saturated rings. The van der Waals surface area contributed by atoms with Crippen LogP contribution >= 0.6 is 11.8 Å². The van der Waals surface area contributed by atoms with Gasteiger partial charge in [-0.1, -0.05) is 23.9 Å². The number of nitrogens with one attached hydrogen (secondary N) is 1. The largest absolute Gasteiger partial charge is 1.00 e. The average Bonchev–Trinajstić information content (AvgIpc) is 2.67. The lowest BCUT2D eigenvalue weighted by Crippen LogP contribution is -3.00. The molecule has 3 aromatic rings. The van der Waals surface area contributed by atoms with Crippen molar-refractivity contribution in [3.63, 3.8) is 0 Å². The Bertz CT molecular complexity index is 967. The smallest absolute Gasteiger partial charge is 0.214 e. The molecular weight excluding hydrogens is 362 g/mol. The van der Waals surface area contributed by atoms with E-state index >= 15 is 0 Å². The molecule has 0 amide bonds. The van der Waals surface area contributed by atoms with Gasteiger partial charge in [0.15, 0.2) is 6.20 Å². The van der Waals surface area contributed by atoms with Crippen LogP contribution < -0.4 is 27.2 Å². The zero-order valence-corrected chi connectivity index (χ0v) is 16.4. The Morgan fingerprint density at radius 3 is 2.65 bits per heavy atom. The summed E-state index contributed by atoms with van der Waals surface area (Å²) in [7, 11) is 2.13. The van der Waals surface area contributed by atoms with Crippen LogP contribution in [0.1, 0.15) is 19.3 Å².